The molecule has 1 N–H and O–H groups in total. The first-order chi connectivity index (χ1) is 7.41. The summed E-state index contributed by atoms with van der Waals surface area (Å²) in [5.41, 5.74) is 0. The molecule has 0 radical (unpaired) electrons. The number of aromatic nitrogens is 3. The van der Waals surface area contributed by atoms with Crippen molar-refractivity contribution < 1.29 is 13.2 Å². The van der Waals surface area contributed by atoms with E-state index in [-0.39, 0.29) is 10.8 Å². The summed E-state index contributed by atoms with van der Waals surface area (Å²) in [6.07, 6.45) is 1.14. The highest BCUT2D eigenvalue weighted by atomic mass is 32.2. The molecular formula is C8H14N4O3S. The van der Waals surface area contributed by atoms with E-state index in [1.807, 2.05) is 13.8 Å². The fourth-order valence-corrected chi connectivity index (χ4v) is 1.56. The fraction of sp³-hybridized carbons (Fsp3) is 0.625. The summed E-state index contributed by atoms with van der Waals surface area (Å²) in [5, 5.41) is 2.37. The number of nitrogens with one attached hydrogen (secondary N) is 1. The molecule has 7 nitrogen and oxygen atoms in total. The molecule has 90 valence electrons. The lowest BCUT2D eigenvalue weighted by Gasteiger charge is -2.18. The predicted molar refractivity (Wildman–Crippen MR) is 57.0 cm³/mol. The number of hydrogen-bond donors (Lipinski definition) is 1. The van der Waals surface area contributed by atoms with Crippen LogP contribution in [0.1, 0.15) is 13.8 Å². The molecule has 0 aliphatic heterocycles. The monoisotopic (exact) mass is 246 g/mol. The Labute approximate surface area is 94.2 Å². The Balaban J connectivity index is 2.93. The molecular weight excluding hydrogens is 232 g/mol. The van der Waals surface area contributed by atoms with Gasteiger partial charge in [0.1, 0.15) is 6.33 Å². The van der Waals surface area contributed by atoms with E-state index in [2.05, 4.69) is 10.1 Å². The largest absolute Gasteiger partial charge is 0.344 e. The van der Waals surface area contributed by atoms with Gasteiger partial charge >= 0.3 is 6.03 Å². The quantitative estimate of drug-likeness (QED) is 0.754. The molecule has 0 spiro atoms. The van der Waals surface area contributed by atoms with Crippen molar-refractivity contribution in [2.24, 2.45) is 5.92 Å². The van der Waals surface area contributed by atoms with Crippen LogP contribution in [-0.2, 0) is 10.3 Å². The minimum atomic E-state index is -2.46. The lowest BCUT2D eigenvalue weighted by Crippen LogP contribution is -2.34. The van der Waals surface area contributed by atoms with E-state index in [0.29, 0.717) is 12.5 Å². The van der Waals surface area contributed by atoms with Gasteiger partial charge in [0.15, 0.2) is 0 Å². The van der Waals surface area contributed by atoms with E-state index >= 15 is 0 Å². The number of carbonyl (C=O) groups is 1. The highest BCUT2D eigenvalue weighted by Crippen LogP contribution is 1.98. The summed E-state index contributed by atoms with van der Waals surface area (Å²) >= 11 is 0. The van der Waals surface area contributed by atoms with Crippen LogP contribution in [0.3, 0.4) is 0 Å². The van der Waals surface area contributed by atoms with Crippen molar-refractivity contribution in [3.63, 3.8) is 0 Å². The zero-order valence-electron chi connectivity index (χ0n) is 9.34. The van der Waals surface area contributed by atoms with Gasteiger partial charge in [0, 0.05) is 13.6 Å². The van der Waals surface area contributed by atoms with Gasteiger partial charge < -0.3 is 4.90 Å². The smallest absolute Gasteiger partial charge is 0.326 e. The van der Waals surface area contributed by atoms with Crippen LogP contribution in [0, 0.1) is 10.7 Å². The van der Waals surface area contributed by atoms with Crippen molar-refractivity contribution in [3.8, 4) is 0 Å². The number of H-pyrrole nitrogens is 1. The van der Waals surface area contributed by atoms with Crippen LogP contribution in [0.4, 0.5) is 4.79 Å². The second-order valence-electron chi connectivity index (χ2n) is 3.82. The normalized spacial score (nSPS) is 10.5. The van der Waals surface area contributed by atoms with E-state index in [4.69, 9.17) is 0 Å². The van der Waals surface area contributed by atoms with Crippen molar-refractivity contribution in [3.05, 3.63) is 11.1 Å². The Bertz CT molecular complexity index is 532. The molecule has 16 heavy (non-hydrogen) atoms. The van der Waals surface area contributed by atoms with Crippen molar-refractivity contribution in [2.75, 3.05) is 13.6 Å². The molecule has 0 fully saturated rings. The Morgan fingerprint density at radius 2 is 2.25 bits per heavy atom. The summed E-state index contributed by atoms with van der Waals surface area (Å²) in [6, 6.07) is -0.349. The summed E-state index contributed by atoms with van der Waals surface area (Å²) in [4.78, 5) is 16.8. The van der Waals surface area contributed by atoms with Crippen molar-refractivity contribution in [1.29, 1.82) is 0 Å². The summed E-state index contributed by atoms with van der Waals surface area (Å²) in [5.74, 6) is 0.339. The SMILES string of the molecule is CC(C)CN(C)C(=O)n1cnc(=S(=O)=O)[nH]1. The van der Waals surface area contributed by atoms with Crippen LogP contribution >= 0.6 is 0 Å². The summed E-state index contributed by atoms with van der Waals surface area (Å²) in [7, 11) is -0.814. The van der Waals surface area contributed by atoms with Gasteiger partial charge in [-0.2, -0.15) is 13.1 Å². The summed E-state index contributed by atoms with van der Waals surface area (Å²) in [6.45, 7) is 4.56. The second kappa shape index (κ2) is 4.97. The van der Waals surface area contributed by atoms with E-state index in [9.17, 15) is 13.2 Å². The molecule has 0 atom stereocenters. The van der Waals surface area contributed by atoms with Gasteiger partial charge in [-0.25, -0.2) is 9.78 Å². The molecule has 0 aromatic carbocycles. The van der Waals surface area contributed by atoms with Gasteiger partial charge in [0.25, 0.3) is 15.1 Å². The number of rotatable bonds is 2. The molecule has 1 amide bonds. The number of aromatic amines is 1. The second-order valence-corrected chi connectivity index (χ2v) is 4.68. The van der Waals surface area contributed by atoms with E-state index in [1.54, 1.807) is 7.05 Å². The Hall–Kier alpha value is -1.57. The van der Waals surface area contributed by atoms with Crippen LogP contribution in [0.5, 0.6) is 0 Å². The first-order valence-corrected chi connectivity index (χ1v) is 5.80. The van der Waals surface area contributed by atoms with Crippen molar-refractivity contribution >= 4 is 16.3 Å². The highest BCUT2D eigenvalue weighted by Gasteiger charge is 2.12. The predicted octanol–water partition coefficient (Wildman–Crippen LogP) is 0.178. The van der Waals surface area contributed by atoms with Crippen LogP contribution in [0.25, 0.3) is 0 Å². The molecule has 0 saturated carbocycles. The average molecular weight is 246 g/mol. The minimum Gasteiger partial charge on any atom is -0.326 e. The van der Waals surface area contributed by atoms with Crippen LogP contribution in [-0.4, -0.2) is 47.7 Å². The third-order valence-corrected chi connectivity index (χ3v) is 2.35. The molecule has 1 rings (SSSR count). The van der Waals surface area contributed by atoms with Gasteiger partial charge in [-0.3, -0.25) is 5.10 Å². The minimum absolute atomic E-state index is 0.258. The van der Waals surface area contributed by atoms with E-state index < -0.39 is 10.3 Å². The fourth-order valence-electron chi connectivity index (χ4n) is 1.26. The molecule has 1 aromatic rings. The van der Waals surface area contributed by atoms with Crippen molar-refractivity contribution in [1.82, 2.24) is 19.7 Å². The standard InChI is InChI=1S/C8H14N4O3S/c1-6(2)4-11(3)8(13)12-5-9-7(10-12)16(14)15/h5-6,10H,4H2,1-3H3. The summed E-state index contributed by atoms with van der Waals surface area (Å²) < 4.78 is 21.9. The maximum Gasteiger partial charge on any atom is 0.344 e. The van der Waals surface area contributed by atoms with Gasteiger partial charge in [-0.15, -0.1) is 0 Å². The maximum atomic E-state index is 11.7. The maximum absolute atomic E-state index is 11.7. The van der Waals surface area contributed by atoms with Gasteiger partial charge in [0.05, 0.1) is 0 Å². The first-order valence-electron chi connectivity index (χ1n) is 4.73. The zero-order chi connectivity index (χ0) is 12.3. The molecule has 0 bridgehead atoms. The zero-order valence-corrected chi connectivity index (χ0v) is 10.2. The van der Waals surface area contributed by atoms with Gasteiger partial charge in [-0.05, 0) is 5.92 Å². The van der Waals surface area contributed by atoms with Gasteiger partial charge in [-0.1, -0.05) is 13.8 Å². The molecule has 0 aliphatic rings. The third kappa shape index (κ3) is 2.96. The van der Waals surface area contributed by atoms with E-state index in [1.165, 1.54) is 4.90 Å². The van der Waals surface area contributed by atoms with Crippen LogP contribution < -0.4 is 0 Å². The Kier molecular flexibility index (Phi) is 3.88. The molecule has 0 saturated heterocycles. The lowest BCUT2D eigenvalue weighted by atomic mass is 10.2. The van der Waals surface area contributed by atoms with E-state index in [0.717, 1.165) is 11.0 Å². The lowest BCUT2D eigenvalue weighted by molar-refractivity contribution is 0.201. The Morgan fingerprint density at radius 1 is 1.62 bits per heavy atom. The highest BCUT2D eigenvalue weighted by molar-refractivity contribution is 7.63. The molecule has 1 aromatic heterocycles. The number of amides is 1. The van der Waals surface area contributed by atoms with Crippen LogP contribution in [0.2, 0.25) is 0 Å². The number of carbonyl (C=O) groups excluding carboxylic acids is 1. The molecule has 0 aliphatic carbocycles. The topological polar surface area (TPSA) is 88.1 Å². The third-order valence-electron chi connectivity index (χ3n) is 1.84. The van der Waals surface area contributed by atoms with Crippen molar-refractivity contribution in [2.45, 2.75) is 13.8 Å². The number of nitrogens with zero attached hydrogens (tertiary/aromatic N) is 3. The molecule has 1 heterocycles. The average Bonchev–Trinajstić information content (AvgIpc) is 2.64. The Morgan fingerprint density at radius 3 is 2.69 bits per heavy atom. The number of hydrogen-bond acceptors (Lipinski definition) is 4. The molecule has 8 heteroatoms. The first kappa shape index (κ1) is 12.5. The molecule has 0 unspecified atom stereocenters. The van der Waals surface area contributed by atoms with Crippen LogP contribution in [0.15, 0.2) is 6.33 Å². The van der Waals surface area contributed by atoms with Gasteiger partial charge in [0.2, 0.25) is 0 Å².